The van der Waals surface area contributed by atoms with Gasteiger partial charge in [-0.1, -0.05) is 31.9 Å². The van der Waals surface area contributed by atoms with Crippen LogP contribution in [0.5, 0.6) is 0 Å². The molecule has 0 aliphatic carbocycles. The van der Waals surface area contributed by atoms with Crippen molar-refractivity contribution in [3.05, 3.63) is 29.8 Å². The molecule has 0 bridgehead atoms. The maximum absolute atomic E-state index is 9.88. The molecule has 1 rings (SSSR count). The van der Waals surface area contributed by atoms with Crippen molar-refractivity contribution in [1.82, 2.24) is 0 Å². The lowest BCUT2D eigenvalue weighted by atomic mass is 10.0. The largest absolute Gasteiger partial charge is 0.388 e. The number of aryl methyl sites for hydroxylation is 1. The van der Waals surface area contributed by atoms with Crippen LogP contribution in [0.2, 0.25) is 0 Å². The van der Waals surface area contributed by atoms with Crippen molar-refractivity contribution in [3.8, 4) is 0 Å². The zero-order chi connectivity index (χ0) is 13.6. The molecule has 0 radical (unpaired) electrons. The summed E-state index contributed by atoms with van der Waals surface area (Å²) in [7, 11) is 0. The number of nitrogens with one attached hydrogen (secondary N) is 1. The van der Waals surface area contributed by atoms with E-state index in [1.807, 2.05) is 20.8 Å². The Kier molecular flexibility index (Phi) is 5.67. The van der Waals surface area contributed by atoms with Gasteiger partial charge in [-0.25, -0.2) is 0 Å². The van der Waals surface area contributed by atoms with Crippen molar-refractivity contribution in [2.24, 2.45) is 0 Å². The first-order valence-electron chi connectivity index (χ1n) is 7.01. The molecule has 2 heteroatoms. The number of unbranched alkanes of at least 4 members (excludes halogenated alkanes) is 2. The smallest absolute Gasteiger partial charge is 0.0789 e. The Balaban J connectivity index is 2.50. The SMILES string of the molecule is CCCCCc1ccc(NC(C)C(C)(C)O)cc1. The van der Waals surface area contributed by atoms with Gasteiger partial charge in [-0.3, -0.25) is 0 Å². The van der Waals surface area contributed by atoms with Crippen LogP contribution in [0.25, 0.3) is 0 Å². The van der Waals surface area contributed by atoms with E-state index in [0.29, 0.717) is 0 Å². The van der Waals surface area contributed by atoms with Gasteiger partial charge in [-0.2, -0.15) is 0 Å². The summed E-state index contributed by atoms with van der Waals surface area (Å²) < 4.78 is 0. The van der Waals surface area contributed by atoms with E-state index >= 15 is 0 Å². The van der Waals surface area contributed by atoms with Gasteiger partial charge in [0.25, 0.3) is 0 Å². The van der Waals surface area contributed by atoms with Crippen LogP contribution in [-0.4, -0.2) is 16.7 Å². The zero-order valence-electron chi connectivity index (χ0n) is 12.2. The highest BCUT2D eigenvalue weighted by molar-refractivity contribution is 5.45. The Hall–Kier alpha value is -1.02. The molecule has 0 amide bonds. The summed E-state index contributed by atoms with van der Waals surface area (Å²) in [5.41, 5.74) is 1.76. The van der Waals surface area contributed by atoms with E-state index in [0.717, 1.165) is 12.1 Å². The monoisotopic (exact) mass is 249 g/mol. The lowest BCUT2D eigenvalue weighted by Gasteiger charge is -2.27. The molecule has 0 saturated heterocycles. The van der Waals surface area contributed by atoms with Crippen molar-refractivity contribution < 1.29 is 5.11 Å². The predicted molar refractivity (Wildman–Crippen MR) is 79.1 cm³/mol. The second-order valence-corrected chi connectivity index (χ2v) is 5.67. The number of anilines is 1. The summed E-state index contributed by atoms with van der Waals surface area (Å²) >= 11 is 0. The molecule has 1 aromatic carbocycles. The normalized spacial score (nSPS) is 13.4. The number of hydrogen-bond donors (Lipinski definition) is 2. The molecule has 0 heterocycles. The summed E-state index contributed by atoms with van der Waals surface area (Å²) in [6, 6.07) is 8.58. The Bertz CT molecular complexity index is 337. The fraction of sp³-hybridized carbons (Fsp3) is 0.625. The topological polar surface area (TPSA) is 32.3 Å². The van der Waals surface area contributed by atoms with Gasteiger partial charge in [0.2, 0.25) is 0 Å². The van der Waals surface area contributed by atoms with Crippen LogP contribution in [0.15, 0.2) is 24.3 Å². The summed E-state index contributed by atoms with van der Waals surface area (Å²) in [5.74, 6) is 0. The first-order chi connectivity index (χ1) is 8.43. The van der Waals surface area contributed by atoms with Crippen molar-refractivity contribution in [2.75, 3.05) is 5.32 Å². The van der Waals surface area contributed by atoms with E-state index in [1.165, 1.54) is 24.8 Å². The first kappa shape index (κ1) is 15.0. The van der Waals surface area contributed by atoms with Crippen LogP contribution >= 0.6 is 0 Å². The molecule has 0 aliphatic heterocycles. The van der Waals surface area contributed by atoms with Gasteiger partial charge >= 0.3 is 0 Å². The Morgan fingerprint density at radius 3 is 2.28 bits per heavy atom. The molecule has 18 heavy (non-hydrogen) atoms. The third-order valence-electron chi connectivity index (χ3n) is 3.47. The maximum atomic E-state index is 9.88. The van der Waals surface area contributed by atoms with Crippen LogP contribution in [0.1, 0.15) is 52.5 Å². The van der Waals surface area contributed by atoms with E-state index in [9.17, 15) is 5.11 Å². The molecule has 1 atom stereocenters. The minimum absolute atomic E-state index is 0.0310. The average molecular weight is 249 g/mol. The highest BCUT2D eigenvalue weighted by Gasteiger charge is 2.21. The number of rotatable bonds is 7. The summed E-state index contributed by atoms with van der Waals surface area (Å²) in [4.78, 5) is 0. The van der Waals surface area contributed by atoms with Gasteiger partial charge in [0.05, 0.1) is 11.6 Å². The van der Waals surface area contributed by atoms with Crippen LogP contribution in [-0.2, 0) is 6.42 Å². The molecule has 0 spiro atoms. The van der Waals surface area contributed by atoms with Gasteiger partial charge in [-0.05, 0) is 51.3 Å². The van der Waals surface area contributed by atoms with Crippen molar-refractivity contribution >= 4 is 5.69 Å². The van der Waals surface area contributed by atoms with Gasteiger partial charge in [0.1, 0.15) is 0 Å². The van der Waals surface area contributed by atoms with Crippen molar-refractivity contribution in [1.29, 1.82) is 0 Å². The van der Waals surface area contributed by atoms with Crippen LogP contribution in [0, 0.1) is 0 Å². The molecule has 1 aromatic rings. The van der Waals surface area contributed by atoms with E-state index in [-0.39, 0.29) is 6.04 Å². The minimum atomic E-state index is -0.709. The lowest BCUT2D eigenvalue weighted by molar-refractivity contribution is 0.0649. The molecule has 0 aliphatic rings. The zero-order valence-corrected chi connectivity index (χ0v) is 12.2. The molecule has 0 fully saturated rings. The third kappa shape index (κ3) is 5.09. The van der Waals surface area contributed by atoms with Gasteiger partial charge in [0, 0.05) is 5.69 Å². The highest BCUT2D eigenvalue weighted by Crippen LogP contribution is 2.17. The number of benzene rings is 1. The second kappa shape index (κ2) is 6.79. The van der Waals surface area contributed by atoms with Crippen molar-refractivity contribution in [2.45, 2.75) is 65.0 Å². The Morgan fingerprint density at radius 1 is 1.17 bits per heavy atom. The van der Waals surface area contributed by atoms with Crippen LogP contribution in [0.3, 0.4) is 0 Å². The van der Waals surface area contributed by atoms with Crippen LogP contribution in [0.4, 0.5) is 5.69 Å². The molecule has 2 N–H and O–H groups in total. The van der Waals surface area contributed by atoms with Gasteiger partial charge in [-0.15, -0.1) is 0 Å². The molecule has 0 saturated carbocycles. The number of aliphatic hydroxyl groups is 1. The summed E-state index contributed by atoms with van der Waals surface area (Å²) in [5, 5.41) is 13.2. The third-order valence-corrected chi connectivity index (χ3v) is 3.47. The van der Waals surface area contributed by atoms with E-state index in [2.05, 4.69) is 36.5 Å². The first-order valence-corrected chi connectivity index (χ1v) is 7.01. The fourth-order valence-corrected chi connectivity index (χ4v) is 1.77. The quantitative estimate of drug-likeness (QED) is 0.716. The molecule has 0 aromatic heterocycles. The van der Waals surface area contributed by atoms with Crippen molar-refractivity contribution in [3.63, 3.8) is 0 Å². The van der Waals surface area contributed by atoms with E-state index in [1.54, 1.807) is 0 Å². The maximum Gasteiger partial charge on any atom is 0.0789 e. The summed E-state index contributed by atoms with van der Waals surface area (Å²) in [6.45, 7) is 7.87. The molecular formula is C16H27NO. The number of hydrogen-bond acceptors (Lipinski definition) is 2. The standard InChI is InChI=1S/C16H27NO/c1-5-6-7-8-14-9-11-15(12-10-14)17-13(2)16(3,4)18/h9-13,17-18H,5-8H2,1-4H3. The highest BCUT2D eigenvalue weighted by atomic mass is 16.3. The second-order valence-electron chi connectivity index (χ2n) is 5.67. The van der Waals surface area contributed by atoms with Crippen LogP contribution < -0.4 is 5.32 Å². The Labute approximate surface area is 111 Å². The summed E-state index contributed by atoms with van der Waals surface area (Å²) in [6.07, 6.45) is 5.00. The molecule has 2 nitrogen and oxygen atoms in total. The molecule has 102 valence electrons. The minimum Gasteiger partial charge on any atom is -0.388 e. The fourth-order valence-electron chi connectivity index (χ4n) is 1.77. The predicted octanol–water partition coefficient (Wildman–Crippen LogP) is 3.99. The molecule has 1 unspecified atom stereocenters. The van der Waals surface area contributed by atoms with E-state index < -0.39 is 5.60 Å². The average Bonchev–Trinajstić information content (AvgIpc) is 2.30. The van der Waals surface area contributed by atoms with Gasteiger partial charge < -0.3 is 10.4 Å². The lowest BCUT2D eigenvalue weighted by Crippen LogP contribution is -2.39. The molecular weight excluding hydrogens is 222 g/mol. The van der Waals surface area contributed by atoms with Gasteiger partial charge in [0.15, 0.2) is 0 Å². The Morgan fingerprint density at radius 2 is 1.78 bits per heavy atom. The van der Waals surface area contributed by atoms with E-state index in [4.69, 9.17) is 0 Å².